The minimum Gasteiger partial charge on any atom is -0.491 e. The van der Waals surface area contributed by atoms with E-state index in [4.69, 9.17) is 9.47 Å². The van der Waals surface area contributed by atoms with Crippen molar-refractivity contribution in [2.75, 3.05) is 25.0 Å². The highest BCUT2D eigenvalue weighted by Crippen LogP contribution is 2.30. The molecule has 0 radical (unpaired) electrons. The molecule has 4 rings (SSSR count). The number of aromatic nitrogens is 5. The Morgan fingerprint density at radius 1 is 1.10 bits per heavy atom. The van der Waals surface area contributed by atoms with Crippen LogP contribution in [0.1, 0.15) is 6.92 Å². The van der Waals surface area contributed by atoms with E-state index in [-0.39, 0.29) is 5.88 Å². The van der Waals surface area contributed by atoms with E-state index in [2.05, 4.69) is 30.7 Å². The first-order valence-electron chi connectivity index (χ1n) is 9.80. The molecule has 31 heavy (non-hydrogen) atoms. The largest absolute Gasteiger partial charge is 0.491 e. The number of nitrogens with one attached hydrogen (secondary N) is 2. The van der Waals surface area contributed by atoms with Crippen molar-refractivity contribution >= 4 is 22.5 Å². The fourth-order valence-corrected chi connectivity index (χ4v) is 2.89. The van der Waals surface area contributed by atoms with Crippen LogP contribution in [0.5, 0.6) is 17.4 Å². The number of anilines is 2. The molecule has 2 N–H and O–H groups in total. The SMILES string of the molecule is CCNCCOc1cnc(Oc2ccc3ncnc(Nc4ccn(C)n4)c3c2)c(F)c1. The van der Waals surface area contributed by atoms with Crippen molar-refractivity contribution < 1.29 is 13.9 Å². The topological polar surface area (TPSA) is 99.0 Å². The van der Waals surface area contributed by atoms with Gasteiger partial charge in [0.05, 0.1) is 11.7 Å². The smallest absolute Gasteiger partial charge is 0.256 e. The lowest BCUT2D eigenvalue weighted by Crippen LogP contribution is -2.20. The maximum absolute atomic E-state index is 14.5. The molecule has 0 bridgehead atoms. The highest BCUT2D eigenvalue weighted by Gasteiger charge is 2.12. The summed E-state index contributed by atoms with van der Waals surface area (Å²) in [4.78, 5) is 12.6. The quantitative estimate of drug-likeness (QED) is 0.395. The fourth-order valence-electron chi connectivity index (χ4n) is 2.89. The van der Waals surface area contributed by atoms with Gasteiger partial charge in [0.15, 0.2) is 11.6 Å². The lowest BCUT2D eigenvalue weighted by Gasteiger charge is -2.10. The van der Waals surface area contributed by atoms with Crippen molar-refractivity contribution in [3.63, 3.8) is 0 Å². The van der Waals surface area contributed by atoms with Gasteiger partial charge in [-0.05, 0) is 24.7 Å². The molecule has 0 saturated carbocycles. The third-order valence-electron chi connectivity index (χ3n) is 4.36. The Hall–Kier alpha value is -3.79. The maximum Gasteiger partial charge on any atom is 0.256 e. The van der Waals surface area contributed by atoms with Crippen LogP contribution in [0.2, 0.25) is 0 Å². The third kappa shape index (κ3) is 5.04. The number of nitrogens with zero attached hydrogens (tertiary/aromatic N) is 5. The van der Waals surface area contributed by atoms with Gasteiger partial charge in [0.25, 0.3) is 5.88 Å². The number of hydrogen-bond donors (Lipinski definition) is 2. The van der Waals surface area contributed by atoms with Crippen LogP contribution in [0, 0.1) is 5.82 Å². The van der Waals surface area contributed by atoms with E-state index in [1.807, 2.05) is 26.2 Å². The summed E-state index contributed by atoms with van der Waals surface area (Å²) in [6, 6.07) is 8.28. The van der Waals surface area contributed by atoms with E-state index in [0.29, 0.717) is 47.2 Å². The van der Waals surface area contributed by atoms with E-state index < -0.39 is 5.82 Å². The van der Waals surface area contributed by atoms with Crippen LogP contribution in [-0.4, -0.2) is 44.4 Å². The third-order valence-corrected chi connectivity index (χ3v) is 4.36. The Bertz CT molecular complexity index is 1180. The monoisotopic (exact) mass is 423 g/mol. The molecular weight excluding hydrogens is 401 g/mol. The van der Waals surface area contributed by atoms with Crippen LogP contribution in [0.4, 0.5) is 16.0 Å². The van der Waals surface area contributed by atoms with Gasteiger partial charge in [-0.15, -0.1) is 0 Å². The van der Waals surface area contributed by atoms with Crippen molar-refractivity contribution in [1.82, 2.24) is 30.0 Å². The van der Waals surface area contributed by atoms with Crippen molar-refractivity contribution in [3.8, 4) is 17.4 Å². The van der Waals surface area contributed by atoms with E-state index >= 15 is 0 Å². The normalized spacial score (nSPS) is 10.9. The van der Waals surface area contributed by atoms with Crippen LogP contribution in [0.15, 0.2) is 49.1 Å². The molecule has 0 spiro atoms. The molecule has 0 fully saturated rings. The van der Waals surface area contributed by atoms with Crippen LogP contribution in [0.25, 0.3) is 10.9 Å². The number of likely N-dealkylation sites (N-methyl/N-ethyl adjacent to an activating group) is 1. The molecule has 0 aliphatic carbocycles. The second-order valence-electron chi connectivity index (χ2n) is 6.66. The Labute approximate surface area is 178 Å². The lowest BCUT2D eigenvalue weighted by molar-refractivity contribution is 0.310. The van der Waals surface area contributed by atoms with E-state index in [1.54, 1.807) is 22.9 Å². The predicted octanol–water partition coefficient (Wildman–Crippen LogP) is 3.42. The maximum atomic E-state index is 14.5. The second kappa shape index (κ2) is 9.35. The number of pyridine rings is 1. The number of fused-ring (bicyclic) bond motifs is 1. The Morgan fingerprint density at radius 3 is 2.77 bits per heavy atom. The fraction of sp³-hybridized carbons (Fsp3) is 0.238. The average molecular weight is 423 g/mol. The molecule has 10 heteroatoms. The number of halogens is 1. The summed E-state index contributed by atoms with van der Waals surface area (Å²) in [6.45, 7) is 3.94. The molecule has 0 saturated heterocycles. The summed E-state index contributed by atoms with van der Waals surface area (Å²) in [5, 5.41) is 11.3. The summed E-state index contributed by atoms with van der Waals surface area (Å²) in [5.41, 5.74) is 0.707. The zero-order chi connectivity index (χ0) is 21.6. The summed E-state index contributed by atoms with van der Waals surface area (Å²) < 4.78 is 27.3. The Balaban J connectivity index is 1.52. The molecule has 0 amide bonds. The van der Waals surface area contributed by atoms with Crippen LogP contribution in [0.3, 0.4) is 0 Å². The van der Waals surface area contributed by atoms with Gasteiger partial charge in [0.2, 0.25) is 0 Å². The van der Waals surface area contributed by atoms with Crippen LogP contribution in [-0.2, 0) is 7.05 Å². The molecule has 9 nitrogen and oxygen atoms in total. The highest BCUT2D eigenvalue weighted by atomic mass is 19.1. The first-order valence-corrected chi connectivity index (χ1v) is 9.80. The van der Waals surface area contributed by atoms with E-state index in [1.165, 1.54) is 18.6 Å². The Morgan fingerprint density at radius 2 is 2.00 bits per heavy atom. The number of aryl methyl sites for hydroxylation is 1. The average Bonchev–Trinajstić information content (AvgIpc) is 3.18. The predicted molar refractivity (Wildman–Crippen MR) is 114 cm³/mol. The van der Waals surface area contributed by atoms with E-state index in [9.17, 15) is 4.39 Å². The summed E-state index contributed by atoms with van der Waals surface area (Å²) in [7, 11) is 1.83. The number of benzene rings is 1. The second-order valence-corrected chi connectivity index (χ2v) is 6.66. The number of rotatable bonds is 9. The molecule has 3 heterocycles. The molecule has 160 valence electrons. The standard InChI is InChI=1S/C21H22FN7O2/c1-3-23-7-9-30-15-11-17(22)21(24-12-15)31-14-4-5-18-16(10-14)20(26-13-25-18)27-19-6-8-29(2)28-19/h4-6,8,10-13,23H,3,7,9H2,1-2H3,(H,25,26,27,28). The van der Waals surface area contributed by atoms with E-state index in [0.717, 1.165) is 6.54 Å². The molecule has 0 unspecified atom stereocenters. The molecule has 0 aliphatic rings. The minimum absolute atomic E-state index is 0.144. The molecule has 4 aromatic rings. The molecule has 0 atom stereocenters. The first-order chi connectivity index (χ1) is 15.1. The zero-order valence-electron chi connectivity index (χ0n) is 17.2. The van der Waals surface area contributed by atoms with Gasteiger partial charge in [-0.25, -0.2) is 19.3 Å². The Kier molecular flexibility index (Phi) is 6.18. The zero-order valence-corrected chi connectivity index (χ0v) is 17.2. The van der Waals surface area contributed by atoms with Crippen molar-refractivity contribution in [2.24, 2.45) is 7.05 Å². The molecule has 3 aromatic heterocycles. The van der Waals surface area contributed by atoms with Crippen LogP contribution >= 0.6 is 0 Å². The molecule has 1 aromatic carbocycles. The minimum atomic E-state index is -0.614. The highest BCUT2D eigenvalue weighted by molar-refractivity contribution is 5.91. The van der Waals surface area contributed by atoms with Gasteiger partial charge < -0.3 is 20.1 Å². The van der Waals surface area contributed by atoms with Crippen molar-refractivity contribution in [1.29, 1.82) is 0 Å². The van der Waals surface area contributed by atoms with Crippen LogP contribution < -0.4 is 20.1 Å². The first kappa shape index (κ1) is 20.5. The number of ether oxygens (including phenoxy) is 2. The molecule has 0 aliphatic heterocycles. The summed E-state index contributed by atoms with van der Waals surface area (Å²) >= 11 is 0. The van der Waals surface area contributed by atoms with Gasteiger partial charge in [-0.1, -0.05) is 6.92 Å². The van der Waals surface area contributed by atoms with Crippen molar-refractivity contribution in [2.45, 2.75) is 6.92 Å². The number of hydrogen-bond acceptors (Lipinski definition) is 8. The lowest BCUT2D eigenvalue weighted by atomic mass is 10.2. The van der Waals surface area contributed by atoms with Gasteiger partial charge in [0, 0.05) is 37.3 Å². The van der Waals surface area contributed by atoms with Gasteiger partial charge in [-0.3, -0.25) is 4.68 Å². The van der Waals surface area contributed by atoms with Gasteiger partial charge >= 0.3 is 0 Å². The van der Waals surface area contributed by atoms with Crippen molar-refractivity contribution in [3.05, 3.63) is 54.9 Å². The van der Waals surface area contributed by atoms with Gasteiger partial charge in [0.1, 0.15) is 30.3 Å². The summed E-state index contributed by atoms with van der Waals surface area (Å²) in [6.07, 6.45) is 4.72. The van der Waals surface area contributed by atoms with Gasteiger partial charge in [-0.2, -0.15) is 5.10 Å². The summed E-state index contributed by atoms with van der Waals surface area (Å²) in [5.74, 6) is 1.19. The molecular formula is C21H22FN7O2.